The fraction of sp³-hybridized carbons (Fsp3) is 1.00. The molecule has 158 valence electrons. The second-order valence-corrected chi connectivity index (χ2v) is 7.51. The maximum Gasteiger partial charge on any atom is 0.745 e. The monoisotopic (exact) mass is 439 g/mol. The molecule has 0 aliphatic carbocycles. The Morgan fingerprint density at radius 3 is 1.31 bits per heavy atom. The van der Waals surface area contributed by atoms with Gasteiger partial charge in [-0.15, -0.1) is 19.6 Å². The van der Waals surface area contributed by atoms with Crippen LogP contribution in [0.4, 0.5) is 0 Å². The van der Waals surface area contributed by atoms with Gasteiger partial charge in [-0.25, -0.2) is 0 Å². The summed E-state index contributed by atoms with van der Waals surface area (Å²) in [6.07, 6.45) is 12.7. The van der Waals surface area contributed by atoms with E-state index in [0.717, 1.165) is 5.92 Å². The van der Waals surface area contributed by atoms with E-state index in [2.05, 4.69) is 38.9 Å². The average molecular weight is 439 g/mol. The van der Waals surface area contributed by atoms with Gasteiger partial charge in [-0.3, -0.25) is 0 Å². The number of hydrogen-bond donors (Lipinski definition) is 4. The van der Waals surface area contributed by atoms with Crippen LogP contribution in [0.25, 0.3) is 0 Å². The van der Waals surface area contributed by atoms with Crippen molar-refractivity contribution in [2.24, 2.45) is 5.92 Å². The van der Waals surface area contributed by atoms with Crippen molar-refractivity contribution in [3.8, 4) is 0 Å². The van der Waals surface area contributed by atoms with Crippen LogP contribution >= 0.6 is 24.8 Å². The highest BCUT2D eigenvalue weighted by atomic mass is 31.2. The Morgan fingerprint density at radius 1 is 0.731 bits per heavy atom. The highest BCUT2D eigenvalue weighted by Gasteiger charge is 2.31. The normalized spacial score (nSPS) is 10.4. The Kier molecular flexibility index (Phi) is 38.7. The van der Waals surface area contributed by atoms with Gasteiger partial charge in [-0.1, -0.05) is 92.4 Å². The van der Waals surface area contributed by atoms with Gasteiger partial charge in [0.15, 0.2) is 4.31 Å². The summed E-state index contributed by atoms with van der Waals surface area (Å²) in [6, 6.07) is 0. The zero-order valence-corrected chi connectivity index (χ0v) is 19.4. The van der Waals surface area contributed by atoms with Crippen molar-refractivity contribution < 1.29 is 37.6 Å². The van der Waals surface area contributed by atoms with Gasteiger partial charge in [0.1, 0.15) is 0 Å². The lowest BCUT2D eigenvalue weighted by molar-refractivity contribution is 0.371. The van der Waals surface area contributed by atoms with Crippen molar-refractivity contribution in [2.45, 2.75) is 92.4 Å². The average Bonchev–Trinajstić information content (AvgIpc) is 2.50. The Balaban J connectivity index is -0.000000146. The van der Waals surface area contributed by atoms with E-state index < -0.39 is 24.8 Å². The molecule has 0 aliphatic rings. The van der Waals surface area contributed by atoms with E-state index in [0.29, 0.717) is 0 Å². The summed E-state index contributed by atoms with van der Waals surface area (Å²) in [5.41, 5.74) is 0. The minimum Gasteiger partial charge on any atom is -0.134 e. The van der Waals surface area contributed by atoms with Crippen LogP contribution in [0.3, 0.4) is 0 Å². The fourth-order valence-corrected chi connectivity index (χ4v) is 2.27. The molecule has 0 saturated heterocycles. The molecule has 0 rings (SSSR count). The predicted octanol–water partition coefficient (Wildman–Crippen LogP) is 6.13. The molecule has 0 aliphatic heterocycles. The van der Waals surface area contributed by atoms with E-state index in [1.54, 1.807) is 0 Å². The number of hydrogen-bond acceptors (Lipinski definition) is 4. The first-order valence-electron chi connectivity index (χ1n) is 8.97. The molecule has 8 nitrogen and oxygen atoms in total. The summed E-state index contributed by atoms with van der Waals surface area (Å²) in [5, 5.41) is 0. The molecular formula is C15H38O8P3+3. The molecule has 11 heteroatoms. The van der Waals surface area contributed by atoms with Crippen LogP contribution in [-0.4, -0.2) is 19.6 Å². The molecule has 0 amide bonds. The maximum absolute atomic E-state index is 9.39. The van der Waals surface area contributed by atoms with Crippen molar-refractivity contribution in [2.75, 3.05) is 0 Å². The zero-order chi connectivity index (χ0) is 21.4. The molecule has 0 fully saturated rings. The summed E-state index contributed by atoms with van der Waals surface area (Å²) in [5.74, 6) is 1.01. The minimum atomic E-state index is -2.92. The van der Waals surface area contributed by atoms with Crippen molar-refractivity contribution in [1.82, 2.24) is 0 Å². The summed E-state index contributed by atoms with van der Waals surface area (Å²) >= 11 is 0. The van der Waals surface area contributed by atoms with Crippen LogP contribution in [0, 0.1) is 5.92 Å². The van der Waals surface area contributed by atoms with Crippen molar-refractivity contribution in [1.29, 1.82) is 0 Å². The molecule has 0 aromatic carbocycles. The molecule has 2 atom stereocenters. The van der Waals surface area contributed by atoms with Gasteiger partial charge >= 0.3 is 24.8 Å². The third-order valence-electron chi connectivity index (χ3n) is 3.01. The highest BCUT2D eigenvalue weighted by Crippen LogP contribution is 2.30. The zero-order valence-electron chi connectivity index (χ0n) is 16.7. The van der Waals surface area contributed by atoms with E-state index in [1.807, 2.05) is 0 Å². The lowest BCUT2D eigenvalue weighted by Crippen LogP contribution is -1.96. The maximum atomic E-state index is 9.39. The standard InChI is InChI=1S/C12H26.C3H8.O5P2.HO3P/c1-4-7-8-9-10-11-12(5-2)6-3;1-3-2;1-6(2)5-7(3)4;1-4(2)3/h12H,4-11H2,1-3H3;3H2,1-2H3;;(H-,1,2,3)/p+3. The quantitative estimate of drug-likeness (QED) is 0.235. The first-order chi connectivity index (χ1) is 12.1. The van der Waals surface area contributed by atoms with Gasteiger partial charge < -0.3 is 0 Å². The molecule has 0 saturated carbocycles. The van der Waals surface area contributed by atoms with E-state index in [9.17, 15) is 9.13 Å². The Bertz CT molecular complexity index is 310. The molecule has 0 aromatic heterocycles. The SMILES string of the molecule is CCC.CCCCCCCC(CC)CC.O=[P+](O)O.O=[P+](O)O[P+](=O)O. The van der Waals surface area contributed by atoms with Gasteiger partial charge in [-0.2, -0.15) is 0 Å². The smallest absolute Gasteiger partial charge is 0.134 e. The summed E-state index contributed by atoms with van der Waals surface area (Å²) < 4.78 is 30.9. The molecule has 0 heterocycles. The molecule has 0 bridgehead atoms. The van der Waals surface area contributed by atoms with Gasteiger partial charge in [0.2, 0.25) is 0 Å². The van der Waals surface area contributed by atoms with Crippen molar-refractivity contribution in [3.63, 3.8) is 0 Å². The van der Waals surface area contributed by atoms with Crippen LogP contribution in [-0.2, 0) is 18.0 Å². The van der Waals surface area contributed by atoms with Crippen molar-refractivity contribution >= 4 is 24.8 Å². The Hall–Kier alpha value is 0.1000. The van der Waals surface area contributed by atoms with Gasteiger partial charge in [-0.05, 0) is 5.92 Å². The molecule has 4 N–H and O–H groups in total. The third-order valence-corrected chi connectivity index (χ3v) is 4.13. The van der Waals surface area contributed by atoms with E-state index in [4.69, 9.17) is 24.1 Å². The van der Waals surface area contributed by atoms with Gasteiger partial charge in [0.05, 0.1) is 0 Å². The van der Waals surface area contributed by atoms with E-state index >= 15 is 0 Å². The van der Waals surface area contributed by atoms with Crippen LogP contribution in [0.5, 0.6) is 0 Å². The highest BCUT2D eigenvalue weighted by molar-refractivity contribution is 7.46. The molecule has 0 spiro atoms. The number of rotatable bonds is 10. The second-order valence-electron chi connectivity index (χ2n) is 5.40. The topological polar surface area (TPSA) is 141 Å². The van der Waals surface area contributed by atoms with Crippen LogP contribution < -0.4 is 0 Å². The van der Waals surface area contributed by atoms with Crippen molar-refractivity contribution in [3.05, 3.63) is 0 Å². The van der Waals surface area contributed by atoms with Crippen LogP contribution in [0.15, 0.2) is 0 Å². The molecule has 26 heavy (non-hydrogen) atoms. The van der Waals surface area contributed by atoms with Crippen LogP contribution in [0.2, 0.25) is 0 Å². The van der Waals surface area contributed by atoms with Gasteiger partial charge in [0.25, 0.3) is 0 Å². The first-order valence-corrected chi connectivity index (χ1v) is 12.4. The van der Waals surface area contributed by atoms with E-state index in [-0.39, 0.29) is 0 Å². The molecular weight excluding hydrogens is 401 g/mol. The summed E-state index contributed by atoms with van der Waals surface area (Å²) in [4.78, 5) is 29.6. The Morgan fingerprint density at radius 2 is 1.08 bits per heavy atom. The predicted molar refractivity (Wildman–Crippen MR) is 106 cm³/mol. The van der Waals surface area contributed by atoms with Crippen LogP contribution in [0.1, 0.15) is 92.4 Å². The van der Waals surface area contributed by atoms with E-state index in [1.165, 1.54) is 57.8 Å². The fourth-order valence-electron chi connectivity index (χ4n) is 1.79. The lowest BCUT2D eigenvalue weighted by Gasteiger charge is -2.10. The molecule has 0 radical (unpaired) electrons. The minimum absolute atomic E-state index is 1.01. The van der Waals surface area contributed by atoms with Gasteiger partial charge in [0, 0.05) is 13.7 Å². The number of unbranched alkanes of at least 4 members (excludes halogenated alkanes) is 4. The molecule has 0 aromatic rings. The lowest BCUT2D eigenvalue weighted by atomic mass is 9.96. The first kappa shape index (κ1) is 33.7. The summed E-state index contributed by atoms with van der Waals surface area (Å²) in [7, 11) is -8.72. The third kappa shape index (κ3) is 56.4. The molecule has 2 unspecified atom stereocenters. The Labute approximate surface area is 161 Å². The second kappa shape index (κ2) is 29.8. The summed E-state index contributed by atoms with van der Waals surface area (Å²) in [6.45, 7) is 11.2. The largest absolute Gasteiger partial charge is 0.745 e.